The van der Waals surface area contributed by atoms with Crippen molar-refractivity contribution in [3.8, 4) is 44.7 Å². The molecule has 1 aliphatic rings. The minimum Gasteiger partial charge on any atom is -0.455 e. The molecule has 0 bridgehead atoms. The van der Waals surface area contributed by atoms with Crippen molar-refractivity contribution in [2.75, 3.05) is 0 Å². The van der Waals surface area contributed by atoms with Gasteiger partial charge in [-0.3, -0.25) is 0 Å². The average Bonchev–Trinajstić information content (AvgIpc) is 3.65. The molecule has 1 heterocycles. The Kier molecular flexibility index (Phi) is 6.06. The van der Waals surface area contributed by atoms with Gasteiger partial charge in [-0.05, 0) is 89.8 Å². The van der Waals surface area contributed by atoms with Crippen molar-refractivity contribution in [1.82, 2.24) is 0 Å². The van der Waals surface area contributed by atoms with Crippen LogP contribution >= 0.6 is 23.3 Å². The smallest absolute Gasteiger partial charge is 0.143 e. The molecule has 1 aromatic heterocycles. The summed E-state index contributed by atoms with van der Waals surface area (Å²) in [7, 11) is 0. The van der Waals surface area contributed by atoms with Gasteiger partial charge in [-0.2, -0.15) is 0 Å². The summed E-state index contributed by atoms with van der Waals surface area (Å²) in [4.78, 5) is 0. The maximum Gasteiger partial charge on any atom is 0.143 e. The number of fused-ring (bicyclic) bond motifs is 11. The maximum absolute atomic E-state index is 6.47. The van der Waals surface area contributed by atoms with Gasteiger partial charge in [0.15, 0.2) is 0 Å². The first-order chi connectivity index (χ1) is 22.3. The summed E-state index contributed by atoms with van der Waals surface area (Å²) in [6, 6.07) is 53.1. The number of hydrogen-bond donors (Lipinski definition) is 2. The molecule has 212 valence electrons. The second-order valence-electron chi connectivity index (χ2n) is 11.7. The summed E-state index contributed by atoms with van der Waals surface area (Å²) < 4.78 is 6.47. The lowest BCUT2D eigenvalue weighted by atomic mass is 9.91. The summed E-state index contributed by atoms with van der Waals surface area (Å²) in [6.45, 7) is 0. The lowest BCUT2D eigenvalue weighted by molar-refractivity contribution is 0.634. The second-order valence-corrected chi connectivity index (χ2v) is 11.7. The molecule has 8 aromatic carbocycles. The van der Waals surface area contributed by atoms with E-state index in [9.17, 15) is 0 Å². The second kappa shape index (κ2) is 10.3. The molecule has 45 heavy (non-hydrogen) atoms. The van der Waals surface area contributed by atoms with Crippen LogP contribution in [0.25, 0.3) is 98.8 Å². The minimum atomic E-state index is 0.935. The van der Waals surface area contributed by atoms with Gasteiger partial charge in [-0.1, -0.05) is 121 Å². The summed E-state index contributed by atoms with van der Waals surface area (Å²) >= 11 is 6.44. The van der Waals surface area contributed by atoms with Crippen LogP contribution in [-0.2, 0) is 0 Å². The van der Waals surface area contributed by atoms with Gasteiger partial charge in [-0.15, -0.1) is 23.3 Å². The number of rotatable bonds is 2. The monoisotopic (exact) mass is 610 g/mol. The van der Waals surface area contributed by atoms with Gasteiger partial charge in [0.05, 0.1) is 0 Å². The Morgan fingerprint density at radius 1 is 0.378 bits per heavy atom. The van der Waals surface area contributed by atoms with Crippen LogP contribution in [0.5, 0.6) is 0 Å². The van der Waals surface area contributed by atoms with E-state index in [1.165, 1.54) is 87.4 Å². The molecule has 10 rings (SSSR count). The van der Waals surface area contributed by atoms with E-state index >= 15 is 0 Å². The Morgan fingerprint density at radius 2 is 0.889 bits per heavy atom. The fourth-order valence-electron chi connectivity index (χ4n) is 7.44. The van der Waals surface area contributed by atoms with Crippen molar-refractivity contribution in [1.29, 1.82) is 0 Å². The van der Waals surface area contributed by atoms with Gasteiger partial charge in [0.1, 0.15) is 11.3 Å². The third kappa shape index (κ3) is 3.91. The van der Waals surface area contributed by atoms with E-state index in [0.29, 0.717) is 0 Å². The van der Waals surface area contributed by atoms with E-state index in [4.69, 9.17) is 4.42 Å². The number of benzene rings is 8. The van der Waals surface area contributed by atoms with E-state index in [-0.39, 0.29) is 0 Å². The molecule has 0 N–H and O–H groups in total. The summed E-state index contributed by atoms with van der Waals surface area (Å²) in [6.07, 6.45) is 0. The van der Waals surface area contributed by atoms with Gasteiger partial charge in [0, 0.05) is 21.9 Å². The fraction of sp³-hybridized carbons (Fsp3) is 0. The standard InChI is InChI=1S/C42H24O.H2S2/c1-2-14-32-30(12-1)31-13-3-4-15-33(31)37-23-28(18-20-34(32)37)26-10-5-11-27(22-26)29-19-21-39-38(24-29)41-35-16-6-8-25-9-7-17-36(40(25)35)42(41)43-39;1-2/h1-24H;1-2H. The topological polar surface area (TPSA) is 13.1 Å². The van der Waals surface area contributed by atoms with E-state index in [1.54, 1.807) is 0 Å². The quantitative estimate of drug-likeness (QED) is 0.113. The largest absolute Gasteiger partial charge is 0.455 e. The maximum atomic E-state index is 6.47. The van der Waals surface area contributed by atoms with Crippen molar-refractivity contribution in [3.05, 3.63) is 146 Å². The van der Waals surface area contributed by atoms with Crippen molar-refractivity contribution in [2.45, 2.75) is 0 Å². The zero-order valence-corrected chi connectivity index (χ0v) is 25.9. The fourth-order valence-corrected chi connectivity index (χ4v) is 7.44. The zero-order valence-electron chi connectivity index (χ0n) is 24.2. The molecule has 0 amide bonds. The molecule has 3 heteroatoms. The van der Waals surface area contributed by atoms with Gasteiger partial charge in [-0.25, -0.2) is 0 Å². The first-order valence-corrected chi connectivity index (χ1v) is 16.6. The molecule has 0 atom stereocenters. The molecular weight excluding hydrogens is 585 g/mol. The van der Waals surface area contributed by atoms with Gasteiger partial charge >= 0.3 is 0 Å². The Balaban J connectivity index is 0.00000138. The normalized spacial score (nSPS) is 11.8. The first-order valence-electron chi connectivity index (χ1n) is 15.0. The lowest BCUT2D eigenvalue weighted by Gasteiger charge is -2.12. The molecule has 9 aromatic rings. The highest BCUT2D eigenvalue weighted by Crippen LogP contribution is 2.52. The lowest BCUT2D eigenvalue weighted by Crippen LogP contribution is -1.86. The minimum absolute atomic E-state index is 0.935. The van der Waals surface area contributed by atoms with Gasteiger partial charge in [0.25, 0.3) is 0 Å². The highest BCUT2D eigenvalue weighted by atomic mass is 33.1. The van der Waals surface area contributed by atoms with Crippen molar-refractivity contribution in [3.63, 3.8) is 0 Å². The molecule has 0 spiro atoms. The van der Waals surface area contributed by atoms with Crippen LogP contribution in [0, 0.1) is 0 Å². The Hall–Kier alpha value is -4.96. The molecule has 1 aliphatic carbocycles. The van der Waals surface area contributed by atoms with Crippen LogP contribution in [0.3, 0.4) is 0 Å². The molecule has 0 saturated carbocycles. The molecule has 0 saturated heterocycles. The predicted octanol–water partition coefficient (Wildman–Crippen LogP) is 12.8. The van der Waals surface area contributed by atoms with E-state index in [0.717, 1.165) is 11.3 Å². The van der Waals surface area contributed by atoms with Crippen LogP contribution in [-0.4, -0.2) is 0 Å². The van der Waals surface area contributed by atoms with Crippen molar-refractivity contribution >= 4 is 77.4 Å². The third-order valence-corrected chi connectivity index (χ3v) is 9.38. The molecule has 0 fully saturated rings. The highest BCUT2D eigenvalue weighted by Gasteiger charge is 2.27. The van der Waals surface area contributed by atoms with E-state index < -0.39 is 0 Å². The molecule has 0 aliphatic heterocycles. The molecule has 1 nitrogen and oxygen atoms in total. The molecule has 0 unspecified atom stereocenters. The average molecular weight is 611 g/mol. The number of furan rings is 1. The number of hydrogen-bond acceptors (Lipinski definition) is 3. The molecular formula is C42H26OS2. The van der Waals surface area contributed by atoms with Gasteiger partial charge in [0.2, 0.25) is 0 Å². The summed E-state index contributed by atoms with van der Waals surface area (Å²) in [5, 5.41) is 11.5. The van der Waals surface area contributed by atoms with Crippen LogP contribution in [0.15, 0.2) is 150 Å². The van der Waals surface area contributed by atoms with Crippen LogP contribution in [0.4, 0.5) is 0 Å². The first kappa shape index (κ1) is 26.4. The van der Waals surface area contributed by atoms with Crippen molar-refractivity contribution in [2.24, 2.45) is 0 Å². The number of thiol groups is 2. The summed E-state index contributed by atoms with van der Waals surface area (Å²) in [5.41, 5.74) is 9.44. The van der Waals surface area contributed by atoms with E-state index in [1.807, 2.05) is 0 Å². The van der Waals surface area contributed by atoms with Crippen molar-refractivity contribution < 1.29 is 4.42 Å². The van der Waals surface area contributed by atoms with Crippen LogP contribution in [0.2, 0.25) is 0 Å². The summed E-state index contributed by atoms with van der Waals surface area (Å²) in [5.74, 6) is 0.989. The zero-order chi connectivity index (χ0) is 30.1. The SMILES string of the molecule is SS.c1cc(-c2ccc3oc4c(c3c2)-c2cccc3cccc-4c23)cc(-c2ccc3c4ccccc4c4ccccc4c3c2)c1. The van der Waals surface area contributed by atoms with E-state index in [2.05, 4.69) is 169 Å². The van der Waals surface area contributed by atoms with Crippen LogP contribution < -0.4 is 0 Å². The van der Waals surface area contributed by atoms with Gasteiger partial charge < -0.3 is 4.42 Å². The Bertz CT molecular complexity index is 2590. The Labute approximate surface area is 271 Å². The predicted molar refractivity (Wildman–Crippen MR) is 200 cm³/mol. The van der Waals surface area contributed by atoms with Crippen LogP contribution in [0.1, 0.15) is 0 Å². The highest BCUT2D eigenvalue weighted by molar-refractivity contribution is 8.59. The Morgan fingerprint density at radius 3 is 1.56 bits per heavy atom. The third-order valence-electron chi connectivity index (χ3n) is 9.38. The molecule has 0 radical (unpaired) electrons.